The molecule has 0 aliphatic rings. The molecule has 4 rings (SSSR count). The van der Waals surface area contributed by atoms with E-state index in [1.54, 1.807) is 0 Å². The molecule has 0 aliphatic carbocycles. The van der Waals surface area contributed by atoms with Gasteiger partial charge in [0.1, 0.15) is 9.96 Å². The van der Waals surface area contributed by atoms with E-state index < -0.39 is 69.8 Å². The van der Waals surface area contributed by atoms with Gasteiger partial charge in [0.15, 0.2) is 21.3 Å². The van der Waals surface area contributed by atoms with Crippen LogP contribution in [0.25, 0.3) is 10.1 Å². The molecule has 10 nitrogen and oxygen atoms in total. The molecule has 16 heteroatoms. The highest BCUT2D eigenvalue weighted by atomic mass is 32.2. The van der Waals surface area contributed by atoms with Crippen molar-refractivity contribution in [1.82, 2.24) is 0 Å². The molecule has 1 atom stereocenters. The van der Waals surface area contributed by atoms with Crippen LogP contribution in [0, 0.1) is 11.3 Å². The van der Waals surface area contributed by atoms with Gasteiger partial charge in [0.05, 0.1) is 34.7 Å². The average molecular weight is 627 g/mol. The Morgan fingerprint density at radius 2 is 1.83 bits per heavy atom. The molecule has 214 valence electrons. The first-order valence-corrected chi connectivity index (χ1v) is 15.5. The number of alkyl halides is 3. The predicted molar refractivity (Wildman–Crippen MR) is 143 cm³/mol. The molecule has 0 bridgehead atoms. The molecule has 1 aromatic heterocycles. The van der Waals surface area contributed by atoms with Crippen molar-refractivity contribution in [2.75, 3.05) is 17.2 Å². The lowest BCUT2D eigenvalue weighted by atomic mass is 10.1. The number of fused-ring (bicyclic) bond motifs is 1. The van der Waals surface area contributed by atoms with Gasteiger partial charge in [-0.2, -0.15) is 18.4 Å². The number of thiophene rings is 1. The number of hydrogen-bond acceptors (Lipinski definition) is 9. The van der Waals surface area contributed by atoms with Crippen LogP contribution in [0.3, 0.4) is 0 Å². The van der Waals surface area contributed by atoms with Gasteiger partial charge in [-0.25, -0.2) is 13.0 Å². The smallest absolute Gasteiger partial charge is 0.417 e. The fraction of sp³-hybridized carbons (Fsp3) is 0.120. The third kappa shape index (κ3) is 6.80. The molecule has 3 aromatic carbocycles. The van der Waals surface area contributed by atoms with Crippen molar-refractivity contribution in [3.05, 3.63) is 77.4 Å². The number of carbonyl (C=O) groups is 1. The lowest BCUT2D eigenvalue weighted by Gasteiger charge is -2.15. The van der Waals surface area contributed by atoms with E-state index in [-0.39, 0.29) is 15.5 Å². The zero-order valence-electron chi connectivity index (χ0n) is 20.4. The SMILES string of the molecule is N#Cc1ccc(OP(=O)(O)CCS(=O)(=O)c2cc3cc(NC(=O)c4cccc(O)c4O)ccc3s2)cc1C(F)(F)F. The first-order valence-electron chi connectivity index (χ1n) is 11.3. The molecule has 0 saturated carbocycles. The number of anilines is 1. The van der Waals surface area contributed by atoms with E-state index >= 15 is 0 Å². The lowest BCUT2D eigenvalue weighted by Crippen LogP contribution is -2.12. The van der Waals surface area contributed by atoms with Crippen LogP contribution in [0.2, 0.25) is 0 Å². The molecule has 0 spiro atoms. The number of amides is 1. The third-order valence-corrected chi connectivity index (χ3v) is 10.6. The van der Waals surface area contributed by atoms with E-state index in [0.29, 0.717) is 16.2 Å². The molecule has 1 amide bonds. The number of aromatic hydroxyl groups is 2. The number of hydrogen-bond donors (Lipinski definition) is 4. The number of phenolic OH excluding ortho intramolecular Hbond substituents is 2. The summed E-state index contributed by atoms with van der Waals surface area (Å²) in [5.74, 6) is -3.35. The van der Waals surface area contributed by atoms with Gasteiger partial charge in [-0.3, -0.25) is 4.79 Å². The van der Waals surface area contributed by atoms with Crippen LogP contribution in [-0.2, 0) is 20.6 Å². The summed E-state index contributed by atoms with van der Waals surface area (Å²) in [6, 6.07) is 13.0. The molecule has 0 aliphatic heterocycles. The first kappa shape index (κ1) is 29.9. The second kappa shape index (κ2) is 11.1. The van der Waals surface area contributed by atoms with Gasteiger partial charge in [0.2, 0.25) is 0 Å². The van der Waals surface area contributed by atoms with E-state index in [0.717, 1.165) is 23.5 Å². The summed E-state index contributed by atoms with van der Waals surface area (Å²) in [5, 5.41) is 31.3. The Morgan fingerprint density at radius 1 is 1.10 bits per heavy atom. The lowest BCUT2D eigenvalue weighted by molar-refractivity contribution is -0.137. The summed E-state index contributed by atoms with van der Waals surface area (Å²) < 4.78 is 83.0. The van der Waals surface area contributed by atoms with E-state index in [1.807, 2.05) is 0 Å². The number of nitrogens with one attached hydrogen (secondary N) is 1. The average Bonchev–Trinajstić information content (AvgIpc) is 3.33. The largest absolute Gasteiger partial charge is 0.504 e. The molecule has 0 saturated heterocycles. The highest BCUT2D eigenvalue weighted by Gasteiger charge is 2.35. The predicted octanol–water partition coefficient (Wildman–Crippen LogP) is 5.49. The topological polar surface area (TPSA) is 174 Å². The Kier molecular flexibility index (Phi) is 8.06. The van der Waals surface area contributed by atoms with Gasteiger partial charge in [-0.15, -0.1) is 11.3 Å². The fourth-order valence-corrected chi connectivity index (χ4v) is 8.35. The van der Waals surface area contributed by atoms with Crippen molar-refractivity contribution in [3.8, 4) is 23.3 Å². The Balaban J connectivity index is 1.48. The number of halogens is 3. The molecule has 0 fully saturated rings. The van der Waals surface area contributed by atoms with Crippen LogP contribution in [0.5, 0.6) is 17.2 Å². The molecule has 4 aromatic rings. The maximum Gasteiger partial charge on any atom is 0.417 e. The Hall–Kier alpha value is -4.09. The van der Waals surface area contributed by atoms with Crippen molar-refractivity contribution in [2.45, 2.75) is 10.4 Å². The van der Waals surface area contributed by atoms with Gasteiger partial charge in [-0.1, -0.05) is 6.07 Å². The number of rotatable bonds is 8. The van der Waals surface area contributed by atoms with Crippen LogP contribution >= 0.6 is 18.9 Å². The maximum absolute atomic E-state index is 13.2. The third-order valence-electron chi connectivity index (χ3n) is 5.62. The van der Waals surface area contributed by atoms with Gasteiger partial charge in [0, 0.05) is 10.4 Å². The molecular formula is C25H18F3N2O8PS2. The summed E-state index contributed by atoms with van der Waals surface area (Å²) in [6.45, 7) is 0. The highest BCUT2D eigenvalue weighted by Crippen LogP contribution is 2.45. The second-order valence-electron chi connectivity index (χ2n) is 8.53. The summed E-state index contributed by atoms with van der Waals surface area (Å²) in [4.78, 5) is 22.6. The number of phenols is 2. The summed E-state index contributed by atoms with van der Waals surface area (Å²) in [6.07, 6.45) is -5.86. The van der Waals surface area contributed by atoms with Gasteiger partial charge in [0.25, 0.3) is 5.91 Å². The zero-order chi connectivity index (χ0) is 30.2. The number of carbonyl (C=O) groups excluding carboxylic acids is 1. The van der Waals surface area contributed by atoms with Gasteiger partial charge in [-0.05, 0) is 60.0 Å². The van der Waals surface area contributed by atoms with Crippen molar-refractivity contribution in [2.24, 2.45) is 0 Å². The highest BCUT2D eigenvalue weighted by molar-refractivity contribution is 7.94. The minimum absolute atomic E-state index is 0.167. The molecule has 41 heavy (non-hydrogen) atoms. The number of nitriles is 1. The Morgan fingerprint density at radius 3 is 2.51 bits per heavy atom. The minimum atomic E-state index is -4.93. The van der Waals surface area contributed by atoms with Gasteiger partial charge < -0.3 is 24.9 Å². The van der Waals surface area contributed by atoms with Crippen LogP contribution in [0.4, 0.5) is 18.9 Å². The zero-order valence-corrected chi connectivity index (χ0v) is 22.9. The number of para-hydroxylation sites is 1. The normalized spacial score (nSPS) is 13.3. The Bertz CT molecular complexity index is 1870. The molecular weight excluding hydrogens is 608 g/mol. The first-order chi connectivity index (χ1) is 19.1. The van der Waals surface area contributed by atoms with Crippen LogP contribution in [0.15, 0.2) is 64.9 Å². The standard InChI is InChI=1S/C25H18F3N2O8PS2/c26-25(27,28)19-12-17(6-4-14(19)13-29)38-39(34,35)8-9-41(36,37)22-11-15-10-16(5-7-21(15)40-22)30-24(33)18-2-1-3-20(31)23(18)32/h1-7,10-12,31-32H,8-9H2,(H,30,33)(H,34,35). The van der Waals surface area contributed by atoms with E-state index in [9.17, 15) is 46.1 Å². The number of benzene rings is 3. The Labute approximate surface area is 234 Å². The maximum atomic E-state index is 13.2. The second-order valence-corrected chi connectivity index (χ2v) is 13.9. The fourth-order valence-electron chi connectivity index (χ4n) is 3.62. The molecule has 1 unspecified atom stereocenters. The van der Waals surface area contributed by atoms with Crippen molar-refractivity contribution in [1.29, 1.82) is 5.26 Å². The van der Waals surface area contributed by atoms with Crippen LogP contribution in [0.1, 0.15) is 21.5 Å². The molecule has 4 N–H and O–H groups in total. The van der Waals surface area contributed by atoms with E-state index in [2.05, 4.69) is 5.32 Å². The van der Waals surface area contributed by atoms with E-state index in [1.165, 1.54) is 48.5 Å². The monoisotopic (exact) mass is 626 g/mol. The summed E-state index contributed by atoms with van der Waals surface area (Å²) >= 11 is 0.854. The minimum Gasteiger partial charge on any atom is -0.504 e. The summed E-state index contributed by atoms with van der Waals surface area (Å²) in [5.41, 5.74) is -2.03. The molecule has 1 heterocycles. The van der Waals surface area contributed by atoms with Crippen molar-refractivity contribution < 1.29 is 50.6 Å². The van der Waals surface area contributed by atoms with Crippen LogP contribution < -0.4 is 9.84 Å². The van der Waals surface area contributed by atoms with E-state index in [4.69, 9.17) is 9.79 Å². The van der Waals surface area contributed by atoms with Crippen LogP contribution in [-0.4, -0.2) is 41.3 Å². The summed E-state index contributed by atoms with van der Waals surface area (Å²) in [7, 11) is -8.88. The number of sulfone groups is 1. The quantitative estimate of drug-likeness (QED) is 0.146. The number of nitrogens with zero attached hydrogens (tertiary/aromatic N) is 1. The van der Waals surface area contributed by atoms with Gasteiger partial charge >= 0.3 is 13.8 Å². The van der Waals surface area contributed by atoms with Crippen molar-refractivity contribution in [3.63, 3.8) is 0 Å². The van der Waals surface area contributed by atoms with Crippen molar-refractivity contribution >= 4 is 50.5 Å². The molecule has 0 radical (unpaired) electrons.